The van der Waals surface area contributed by atoms with Crippen molar-refractivity contribution in [2.75, 3.05) is 0 Å². The Balaban J connectivity index is 2.09. The Labute approximate surface area is 106 Å². The van der Waals surface area contributed by atoms with Crippen LogP contribution in [0.3, 0.4) is 0 Å². The fourth-order valence-corrected chi connectivity index (χ4v) is 2.11. The summed E-state index contributed by atoms with van der Waals surface area (Å²) in [7, 11) is 0. The molecule has 0 saturated carbocycles. The Kier molecular flexibility index (Phi) is 3.80. The number of hydrogen-bond donors (Lipinski definition) is 3. The number of nitrogen functional groups attached to an aromatic ring is 1. The lowest BCUT2D eigenvalue weighted by Crippen LogP contribution is -2.30. The molecule has 0 aliphatic heterocycles. The van der Waals surface area contributed by atoms with Crippen LogP contribution in [-0.2, 0) is 5.75 Å². The largest absolute Gasteiger partial charge is 0.459 e. The highest BCUT2D eigenvalue weighted by molar-refractivity contribution is 7.98. The quantitative estimate of drug-likeness (QED) is 0.240. The number of nitrogens with one attached hydrogen (secondary N) is 2. The molecule has 2 heterocycles. The summed E-state index contributed by atoms with van der Waals surface area (Å²) in [6, 6.07) is 2.99. The highest BCUT2D eigenvalue weighted by Gasteiger charge is 2.14. The fourth-order valence-electron chi connectivity index (χ4n) is 1.29. The van der Waals surface area contributed by atoms with Crippen molar-refractivity contribution in [3.8, 4) is 0 Å². The minimum atomic E-state index is -0.495. The van der Waals surface area contributed by atoms with Gasteiger partial charge in [0, 0.05) is 23.6 Å². The van der Waals surface area contributed by atoms with Gasteiger partial charge in [0.05, 0.1) is 6.26 Å². The second-order valence-corrected chi connectivity index (χ2v) is 4.24. The zero-order valence-corrected chi connectivity index (χ0v) is 9.99. The van der Waals surface area contributed by atoms with Crippen LogP contribution in [-0.4, -0.2) is 15.9 Å². The predicted octanol–water partition coefficient (Wildman–Crippen LogP) is 0.259. The van der Waals surface area contributed by atoms with E-state index < -0.39 is 5.91 Å². The molecule has 4 N–H and O–H groups in total. The van der Waals surface area contributed by atoms with Gasteiger partial charge in [0.1, 0.15) is 0 Å². The van der Waals surface area contributed by atoms with Crippen molar-refractivity contribution in [2.45, 2.75) is 10.9 Å². The minimum Gasteiger partial charge on any atom is -0.459 e. The molecule has 94 valence electrons. The topological polar surface area (TPSA) is 114 Å². The molecule has 0 aliphatic carbocycles. The van der Waals surface area contributed by atoms with Crippen molar-refractivity contribution < 1.29 is 9.21 Å². The average molecular weight is 266 g/mol. The molecule has 0 atom stereocenters. The molecule has 0 aromatic carbocycles. The smallest absolute Gasteiger partial charge is 0.301 e. The number of carbonyl (C=O) groups excluding carboxylic acids is 1. The van der Waals surface area contributed by atoms with Gasteiger partial charge in [-0.2, -0.15) is 0 Å². The van der Waals surface area contributed by atoms with Crippen molar-refractivity contribution in [1.29, 1.82) is 0 Å². The molecule has 0 bridgehead atoms. The Morgan fingerprint density at radius 2 is 2.39 bits per heavy atom. The summed E-state index contributed by atoms with van der Waals surface area (Å²) < 4.78 is 5.03. The number of aromatic amines is 1. The van der Waals surface area contributed by atoms with E-state index in [1.807, 2.05) is 5.43 Å². The molecule has 2 rings (SSSR count). The molecule has 2 aromatic heterocycles. The van der Waals surface area contributed by atoms with E-state index in [1.165, 1.54) is 30.3 Å². The summed E-state index contributed by atoms with van der Waals surface area (Å²) in [5.41, 5.74) is 2.45. The molecule has 0 spiro atoms. The highest BCUT2D eigenvalue weighted by Crippen LogP contribution is 2.21. The first-order valence-corrected chi connectivity index (χ1v) is 5.94. The van der Waals surface area contributed by atoms with Gasteiger partial charge in [-0.1, -0.05) is 11.8 Å². The van der Waals surface area contributed by atoms with Gasteiger partial charge in [-0.05, 0) is 6.07 Å². The van der Waals surface area contributed by atoms with Crippen molar-refractivity contribution in [2.24, 2.45) is 5.84 Å². The van der Waals surface area contributed by atoms with Crippen molar-refractivity contribution in [3.05, 3.63) is 46.3 Å². The second-order valence-electron chi connectivity index (χ2n) is 3.28. The first kappa shape index (κ1) is 12.4. The first-order chi connectivity index (χ1) is 8.70. The van der Waals surface area contributed by atoms with E-state index in [0.29, 0.717) is 16.5 Å². The van der Waals surface area contributed by atoms with Crippen LogP contribution >= 0.6 is 11.8 Å². The molecule has 8 heteroatoms. The van der Waals surface area contributed by atoms with E-state index in [-0.39, 0.29) is 11.3 Å². The Bertz CT molecular complexity index is 607. The maximum absolute atomic E-state index is 11.3. The molecule has 7 nitrogen and oxygen atoms in total. The lowest BCUT2D eigenvalue weighted by Gasteiger charge is -2.01. The number of carbonyl (C=O) groups is 1. The number of rotatable bonds is 4. The van der Waals surface area contributed by atoms with E-state index in [4.69, 9.17) is 10.3 Å². The maximum Gasteiger partial charge on any atom is 0.301 e. The van der Waals surface area contributed by atoms with E-state index in [9.17, 15) is 9.59 Å². The van der Waals surface area contributed by atoms with Crippen LogP contribution in [0.2, 0.25) is 0 Å². The van der Waals surface area contributed by atoms with Crippen LogP contribution in [0.15, 0.2) is 39.0 Å². The van der Waals surface area contributed by atoms with Crippen LogP contribution in [0.4, 0.5) is 0 Å². The summed E-state index contributed by atoms with van der Waals surface area (Å²) in [6.45, 7) is 0. The Morgan fingerprint density at radius 1 is 1.56 bits per heavy atom. The zero-order chi connectivity index (χ0) is 13.0. The number of hydrazine groups is 1. The lowest BCUT2D eigenvalue weighted by molar-refractivity contribution is 0.0925. The molecule has 0 fully saturated rings. The van der Waals surface area contributed by atoms with Gasteiger partial charge < -0.3 is 9.40 Å². The first-order valence-electron chi connectivity index (χ1n) is 4.96. The van der Waals surface area contributed by atoms with E-state index in [1.54, 1.807) is 6.07 Å². The predicted molar refractivity (Wildman–Crippen MR) is 64.8 cm³/mol. The normalized spacial score (nSPS) is 10.3. The summed E-state index contributed by atoms with van der Waals surface area (Å²) in [4.78, 5) is 29.0. The molecular weight excluding hydrogens is 256 g/mol. The summed E-state index contributed by atoms with van der Waals surface area (Å²) in [5, 5.41) is 0.475. The van der Waals surface area contributed by atoms with Crippen molar-refractivity contribution in [3.63, 3.8) is 0 Å². The molecule has 0 aliphatic rings. The zero-order valence-electron chi connectivity index (χ0n) is 9.17. The number of amides is 1. The van der Waals surface area contributed by atoms with Gasteiger partial charge in [0.25, 0.3) is 5.56 Å². The number of nitrogens with zero attached hydrogens (tertiary/aromatic N) is 1. The molecule has 2 aromatic rings. The third-order valence-electron chi connectivity index (χ3n) is 2.10. The molecular formula is C10H10N4O3S. The van der Waals surface area contributed by atoms with Crippen molar-refractivity contribution in [1.82, 2.24) is 15.4 Å². The molecule has 18 heavy (non-hydrogen) atoms. The standard InChI is InChI=1S/C10H10N4O3S/c11-14-9(16)8-6(2-4-17-8)5-18-10-12-3-1-7(15)13-10/h1-4H,5,11H2,(H,14,16)(H,12,13,15). The highest BCUT2D eigenvalue weighted by atomic mass is 32.2. The Hall–Kier alpha value is -2.06. The number of hydrogen-bond acceptors (Lipinski definition) is 6. The number of H-pyrrole nitrogens is 1. The minimum absolute atomic E-state index is 0.156. The van der Waals surface area contributed by atoms with Gasteiger partial charge in [-0.3, -0.25) is 15.0 Å². The number of thioether (sulfide) groups is 1. The molecule has 0 saturated heterocycles. The molecule has 1 amide bonds. The van der Waals surface area contributed by atoms with Crippen LogP contribution in [0.1, 0.15) is 16.1 Å². The number of furan rings is 1. The Morgan fingerprint density at radius 3 is 3.11 bits per heavy atom. The molecule has 0 unspecified atom stereocenters. The van der Waals surface area contributed by atoms with Gasteiger partial charge in [-0.15, -0.1) is 0 Å². The maximum atomic E-state index is 11.3. The third kappa shape index (κ3) is 2.79. The van der Waals surface area contributed by atoms with Gasteiger partial charge in [0.2, 0.25) is 0 Å². The number of nitrogens with two attached hydrogens (primary N) is 1. The summed E-state index contributed by atoms with van der Waals surface area (Å²) in [6.07, 6.45) is 2.83. The lowest BCUT2D eigenvalue weighted by atomic mass is 10.3. The van der Waals surface area contributed by atoms with Crippen molar-refractivity contribution >= 4 is 17.7 Å². The van der Waals surface area contributed by atoms with Crippen LogP contribution in [0.5, 0.6) is 0 Å². The summed E-state index contributed by atoms with van der Waals surface area (Å²) >= 11 is 1.29. The van der Waals surface area contributed by atoms with E-state index in [0.717, 1.165) is 0 Å². The molecule has 0 radical (unpaired) electrons. The van der Waals surface area contributed by atoms with Crippen LogP contribution < -0.4 is 16.8 Å². The second kappa shape index (κ2) is 5.52. The average Bonchev–Trinajstić information content (AvgIpc) is 2.84. The fraction of sp³-hybridized carbons (Fsp3) is 0.100. The van der Waals surface area contributed by atoms with Gasteiger partial charge >= 0.3 is 5.91 Å². The third-order valence-corrected chi connectivity index (χ3v) is 3.03. The van der Waals surface area contributed by atoms with E-state index >= 15 is 0 Å². The SMILES string of the molecule is NNC(=O)c1occc1CSc1nccc(=O)[nH]1. The van der Waals surface area contributed by atoms with E-state index in [2.05, 4.69) is 9.97 Å². The van der Waals surface area contributed by atoms with Gasteiger partial charge in [0.15, 0.2) is 10.9 Å². The summed E-state index contributed by atoms with van der Waals surface area (Å²) in [5.74, 6) is 5.13. The monoisotopic (exact) mass is 266 g/mol. The van der Waals surface area contributed by atoms with Crippen LogP contribution in [0.25, 0.3) is 0 Å². The number of aromatic nitrogens is 2. The van der Waals surface area contributed by atoms with Crippen LogP contribution in [0, 0.1) is 0 Å². The van der Waals surface area contributed by atoms with Gasteiger partial charge in [-0.25, -0.2) is 10.8 Å².